The van der Waals surface area contributed by atoms with Crippen molar-refractivity contribution in [3.05, 3.63) is 66.1 Å². The van der Waals surface area contributed by atoms with Crippen molar-refractivity contribution in [2.75, 3.05) is 0 Å². The second-order valence-electron chi connectivity index (χ2n) is 9.22. The highest BCUT2D eigenvalue weighted by atomic mass is 16.1. The molecule has 0 amide bonds. The maximum absolute atomic E-state index is 13.4. The Morgan fingerprint density at radius 1 is 1.17 bits per heavy atom. The van der Waals surface area contributed by atoms with E-state index in [4.69, 9.17) is 4.98 Å². The highest BCUT2D eigenvalue weighted by molar-refractivity contribution is 5.82. The van der Waals surface area contributed by atoms with Crippen molar-refractivity contribution in [2.24, 2.45) is 17.8 Å². The fourth-order valence-corrected chi connectivity index (χ4v) is 5.28. The van der Waals surface area contributed by atoms with E-state index in [0.717, 1.165) is 31.2 Å². The molecule has 0 saturated heterocycles. The summed E-state index contributed by atoms with van der Waals surface area (Å²) in [7, 11) is 0. The molecule has 1 aromatic carbocycles. The van der Waals surface area contributed by atoms with Crippen molar-refractivity contribution < 1.29 is 4.79 Å². The zero-order valence-electron chi connectivity index (χ0n) is 18.3. The van der Waals surface area contributed by atoms with Crippen LogP contribution in [0.4, 0.5) is 0 Å². The average Bonchev–Trinajstić information content (AvgIpc) is 3.27. The summed E-state index contributed by atoms with van der Waals surface area (Å²) in [5.41, 5.74) is 3.66. The first-order valence-electron chi connectivity index (χ1n) is 11.6. The molecule has 1 aliphatic rings. The van der Waals surface area contributed by atoms with Gasteiger partial charge in [-0.05, 0) is 55.2 Å². The predicted octanol–water partition coefficient (Wildman–Crippen LogP) is 6.70. The number of carbonyl (C=O) groups excluding carboxylic acids is 1. The van der Waals surface area contributed by atoms with E-state index >= 15 is 0 Å². The van der Waals surface area contributed by atoms with Gasteiger partial charge in [0.1, 0.15) is 5.78 Å². The van der Waals surface area contributed by atoms with Crippen LogP contribution in [0.15, 0.2) is 54.9 Å². The van der Waals surface area contributed by atoms with Gasteiger partial charge < -0.3 is 4.98 Å². The Hall–Kier alpha value is -2.42. The number of nitrogens with one attached hydrogen (secondary N) is 1. The normalized spacial score (nSPS) is 21.4. The van der Waals surface area contributed by atoms with Crippen LogP contribution in [0.2, 0.25) is 0 Å². The summed E-state index contributed by atoms with van der Waals surface area (Å²) < 4.78 is 0. The molecule has 3 nitrogen and oxygen atoms in total. The molecule has 30 heavy (non-hydrogen) atoms. The first kappa shape index (κ1) is 20.8. The number of fused-ring (bicyclic) bond motifs is 1. The van der Waals surface area contributed by atoms with Crippen molar-refractivity contribution >= 4 is 16.7 Å². The van der Waals surface area contributed by atoms with E-state index in [9.17, 15) is 4.79 Å². The predicted molar refractivity (Wildman–Crippen MR) is 124 cm³/mol. The summed E-state index contributed by atoms with van der Waals surface area (Å²) in [6.07, 6.45) is 11.2. The second-order valence-corrected chi connectivity index (χ2v) is 9.22. The number of pyridine rings is 1. The van der Waals surface area contributed by atoms with Gasteiger partial charge in [-0.15, -0.1) is 0 Å². The fourth-order valence-electron chi connectivity index (χ4n) is 5.28. The molecule has 1 N–H and O–H groups in total. The number of ketones is 1. The number of H-pyrrole nitrogens is 1. The third kappa shape index (κ3) is 4.66. The zero-order valence-corrected chi connectivity index (χ0v) is 18.3. The third-order valence-corrected chi connectivity index (χ3v) is 7.21. The molecule has 4 atom stereocenters. The summed E-state index contributed by atoms with van der Waals surface area (Å²) in [4.78, 5) is 21.5. The molecule has 1 fully saturated rings. The number of hydrogen-bond donors (Lipinski definition) is 1. The quantitative estimate of drug-likeness (QED) is 0.455. The minimum absolute atomic E-state index is 0.129. The van der Waals surface area contributed by atoms with Crippen LogP contribution in [0.25, 0.3) is 10.9 Å². The molecule has 2 heterocycles. The topological polar surface area (TPSA) is 45.8 Å². The monoisotopic (exact) mass is 402 g/mol. The van der Waals surface area contributed by atoms with Gasteiger partial charge >= 0.3 is 0 Å². The first-order chi connectivity index (χ1) is 14.7. The Labute approximate surface area is 180 Å². The van der Waals surface area contributed by atoms with Gasteiger partial charge in [-0.3, -0.25) is 9.78 Å². The smallest absolute Gasteiger partial charge is 0.136 e. The van der Waals surface area contributed by atoms with Crippen molar-refractivity contribution in [1.29, 1.82) is 0 Å². The fraction of sp³-hybridized carbons (Fsp3) is 0.481. The molecule has 1 aliphatic carbocycles. The molecule has 0 aliphatic heterocycles. The Morgan fingerprint density at radius 2 is 2.00 bits per heavy atom. The maximum Gasteiger partial charge on any atom is 0.136 e. The molecular formula is C27H34N2O. The van der Waals surface area contributed by atoms with Crippen molar-refractivity contribution in [2.45, 2.75) is 64.7 Å². The molecule has 2 aromatic heterocycles. The summed E-state index contributed by atoms with van der Waals surface area (Å²) in [5.74, 6) is 1.96. The van der Waals surface area contributed by atoms with Crippen molar-refractivity contribution in [1.82, 2.24) is 9.97 Å². The van der Waals surface area contributed by atoms with E-state index < -0.39 is 0 Å². The molecule has 1 saturated carbocycles. The maximum atomic E-state index is 13.4. The highest BCUT2D eigenvalue weighted by Crippen LogP contribution is 2.40. The van der Waals surface area contributed by atoms with Gasteiger partial charge in [0, 0.05) is 41.6 Å². The molecule has 158 valence electrons. The Bertz CT molecular complexity index is 961. The molecule has 4 rings (SSSR count). The van der Waals surface area contributed by atoms with Gasteiger partial charge in [-0.25, -0.2) is 0 Å². The standard InChI is InChI=1S/C27H34N2O/c1-3-19(2)24(17-20-8-5-4-6-9-20)26(30)18-21-10-7-11-22(16-21)27-23-12-14-28-25(23)13-15-29-27/h4-6,8-9,12-15,19,21-22,24,28H,3,7,10-11,16-18H2,1-2H3/t19-,21-,22?,24-/m1/s1. The molecule has 0 radical (unpaired) electrons. The molecular weight excluding hydrogens is 368 g/mol. The second kappa shape index (κ2) is 9.59. The summed E-state index contributed by atoms with van der Waals surface area (Å²) in [5, 5.41) is 1.25. The van der Waals surface area contributed by atoms with Crippen LogP contribution in [-0.2, 0) is 11.2 Å². The Balaban J connectivity index is 1.45. The van der Waals surface area contributed by atoms with Gasteiger partial charge in [0.2, 0.25) is 0 Å². The van der Waals surface area contributed by atoms with Crippen molar-refractivity contribution in [3.8, 4) is 0 Å². The SMILES string of the molecule is CC[C@@H](C)[C@@H](Cc1ccccc1)C(=O)C[C@@H]1CCCC(c2nccc3[nH]ccc23)C1. The lowest BCUT2D eigenvalue weighted by Gasteiger charge is -2.31. The molecule has 0 bridgehead atoms. The third-order valence-electron chi connectivity index (χ3n) is 7.21. The number of aromatic amines is 1. The van der Waals surface area contributed by atoms with E-state index in [-0.39, 0.29) is 5.92 Å². The van der Waals surface area contributed by atoms with E-state index in [1.165, 1.54) is 35.9 Å². The largest absolute Gasteiger partial charge is 0.361 e. The lowest BCUT2D eigenvalue weighted by atomic mass is 9.74. The number of carbonyl (C=O) groups is 1. The Morgan fingerprint density at radius 3 is 2.80 bits per heavy atom. The van der Waals surface area contributed by atoms with E-state index in [2.05, 4.69) is 49.2 Å². The van der Waals surface area contributed by atoms with E-state index in [0.29, 0.717) is 23.5 Å². The lowest BCUT2D eigenvalue weighted by molar-refractivity contribution is -0.125. The minimum atomic E-state index is 0.129. The van der Waals surface area contributed by atoms with Gasteiger partial charge in [-0.2, -0.15) is 0 Å². The van der Waals surface area contributed by atoms with E-state index in [1.807, 2.05) is 24.5 Å². The molecule has 3 heteroatoms. The van der Waals surface area contributed by atoms with Crippen LogP contribution in [-0.4, -0.2) is 15.8 Å². The van der Waals surface area contributed by atoms with Crippen LogP contribution in [0.5, 0.6) is 0 Å². The van der Waals surface area contributed by atoms with Gasteiger partial charge in [0.15, 0.2) is 0 Å². The minimum Gasteiger partial charge on any atom is -0.361 e. The number of rotatable bonds is 8. The van der Waals surface area contributed by atoms with Crippen LogP contribution < -0.4 is 0 Å². The number of nitrogens with zero attached hydrogens (tertiary/aromatic N) is 1. The van der Waals surface area contributed by atoms with Crippen molar-refractivity contribution in [3.63, 3.8) is 0 Å². The first-order valence-corrected chi connectivity index (χ1v) is 11.6. The average molecular weight is 403 g/mol. The molecule has 0 spiro atoms. The van der Waals surface area contributed by atoms with Gasteiger partial charge in [0.05, 0.1) is 5.69 Å². The number of Topliss-reactive ketones (excluding diaryl/α,β-unsaturated/α-hetero) is 1. The van der Waals surface area contributed by atoms with E-state index in [1.54, 1.807) is 0 Å². The Kier molecular flexibility index (Phi) is 6.66. The van der Waals surface area contributed by atoms with Crippen LogP contribution >= 0.6 is 0 Å². The highest BCUT2D eigenvalue weighted by Gasteiger charge is 2.30. The van der Waals surface area contributed by atoms with Crippen LogP contribution in [0.3, 0.4) is 0 Å². The van der Waals surface area contributed by atoms with Gasteiger partial charge in [0.25, 0.3) is 0 Å². The molecule has 1 unspecified atom stereocenters. The summed E-state index contributed by atoms with van der Waals surface area (Å²) in [6.45, 7) is 4.45. The number of aromatic nitrogens is 2. The lowest BCUT2D eigenvalue weighted by Crippen LogP contribution is -2.27. The molecule has 3 aromatic rings. The summed E-state index contributed by atoms with van der Waals surface area (Å²) in [6, 6.07) is 14.7. The van der Waals surface area contributed by atoms with Crippen LogP contribution in [0, 0.1) is 17.8 Å². The summed E-state index contributed by atoms with van der Waals surface area (Å²) >= 11 is 0. The number of benzene rings is 1. The number of hydrogen-bond acceptors (Lipinski definition) is 2. The van der Waals surface area contributed by atoms with Gasteiger partial charge in [-0.1, -0.05) is 57.0 Å². The zero-order chi connectivity index (χ0) is 20.9. The van der Waals surface area contributed by atoms with Crippen LogP contribution in [0.1, 0.15) is 69.5 Å².